The molecule has 0 N–H and O–H groups in total. The van der Waals surface area contributed by atoms with Crippen LogP contribution >= 0.6 is 0 Å². The lowest BCUT2D eigenvalue weighted by Gasteiger charge is -2.07. The summed E-state index contributed by atoms with van der Waals surface area (Å²) in [5, 5.41) is 0. The SMILES string of the molecule is CCCCOCCOC(C)C. The number of unbranched alkanes of at least 4 members (excludes halogenated alkanes) is 1. The van der Waals surface area contributed by atoms with Crippen molar-refractivity contribution in [3.63, 3.8) is 0 Å². The van der Waals surface area contributed by atoms with Crippen molar-refractivity contribution in [2.24, 2.45) is 0 Å². The summed E-state index contributed by atoms with van der Waals surface area (Å²) in [6.45, 7) is 8.56. The second kappa shape index (κ2) is 8.02. The number of hydrogen-bond donors (Lipinski definition) is 0. The molecule has 68 valence electrons. The van der Waals surface area contributed by atoms with Gasteiger partial charge in [0.1, 0.15) is 0 Å². The van der Waals surface area contributed by atoms with Crippen LogP contribution in [0.15, 0.2) is 0 Å². The Morgan fingerprint density at radius 3 is 2.36 bits per heavy atom. The zero-order chi connectivity index (χ0) is 8.53. The Kier molecular flexibility index (Phi) is 7.96. The monoisotopic (exact) mass is 160 g/mol. The lowest BCUT2D eigenvalue weighted by Crippen LogP contribution is -2.09. The highest BCUT2D eigenvalue weighted by molar-refractivity contribution is 4.37. The summed E-state index contributed by atoms with van der Waals surface area (Å²) in [5.74, 6) is 0. The predicted octanol–water partition coefficient (Wildman–Crippen LogP) is 2.23. The van der Waals surface area contributed by atoms with Gasteiger partial charge in [-0.05, 0) is 20.3 Å². The molecule has 0 saturated carbocycles. The third-order valence-corrected chi connectivity index (χ3v) is 1.32. The summed E-state index contributed by atoms with van der Waals surface area (Å²) in [4.78, 5) is 0. The van der Waals surface area contributed by atoms with E-state index in [0.717, 1.165) is 26.2 Å². The number of rotatable bonds is 7. The second-order valence-electron chi connectivity index (χ2n) is 2.89. The van der Waals surface area contributed by atoms with Crippen LogP contribution in [0.25, 0.3) is 0 Å². The summed E-state index contributed by atoms with van der Waals surface area (Å²) in [6, 6.07) is 0. The van der Waals surface area contributed by atoms with Gasteiger partial charge in [-0.15, -0.1) is 0 Å². The fourth-order valence-corrected chi connectivity index (χ4v) is 0.691. The van der Waals surface area contributed by atoms with E-state index in [1.807, 2.05) is 13.8 Å². The first-order valence-corrected chi connectivity index (χ1v) is 4.46. The third-order valence-electron chi connectivity index (χ3n) is 1.32. The minimum absolute atomic E-state index is 0.324. The molecule has 0 spiro atoms. The molecule has 0 aromatic carbocycles. The van der Waals surface area contributed by atoms with Gasteiger partial charge in [-0.25, -0.2) is 0 Å². The summed E-state index contributed by atoms with van der Waals surface area (Å²) in [7, 11) is 0. The summed E-state index contributed by atoms with van der Waals surface area (Å²) in [5.41, 5.74) is 0. The Morgan fingerprint density at radius 1 is 1.09 bits per heavy atom. The predicted molar refractivity (Wildman–Crippen MR) is 46.8 cm³/mol. The van der Waals surface area contributed by atoms with Gasteiger partial charge in [-0.2, -0.15) is 0 Å². The van der Waals surface area contributed by atoms with Crippen molar-refractivity contribution in [1.29, 1.82) is 0 Å². The van der Waals surface area contributed by atoms with Gasteiger partial charge in [-0.3, -0.25) is 0 Å². The van der Waals surface area contributed by atoms with E-state index in [2.05, 4.69) is 6.92 Å². The Hall–Kier alpha value is -0.0800. The van der Waals surface area contributed by atoms with Crippen molar-refractivity contribution in [2.45, 2.75) is 39.7 Å². The molecule has 0 bridgehead atoms. The number of ether oxygens (including phenoxy) is 2. The topological polar surface area (TPSA) is 18.5 Å². The highest BCUT2D eigenvalue weighted by Crippen LogP contribution is 1.90. The van der Waals surface area contributed by atoms with Crippen LogP contribution in [0, 0.1) is 0 Å². The van der Waals surface area contributed by atoms with Gasteiger partial charge < -0.3 is 9.47 Å². The van der Waals surface area contributed by atoms with E-state index in [1.54, 1.807) is 0 Å². The van der Waals surface area contributed by atoms with Crippen LogP contribution in [-0.4, -0.2) is 25.9 Å². The summed E-state index contributed by atoms with van der Waals surface area (Å²) in [6.07, 6.45) is 2.68. The van der Waals surface area contributed by atoms with E-state index >= 15 is 0 Å². The lowest BCUT2D eigenvalue weighted by molar-refractivity contribution is 0.0189. The van der Waals surface area contributed by atoms with Crippen LogP contribution in [0.2, 0.25) is 0 Å². The van der Waals surface area contributed by atoms with E-state index in [-0.39, 0.29) is 0 Å². The molecule has 0 fully saturated rings. The van der Waals surface area contributed by atoms with E-state index < -0.39 is 0 Å². The molecule has 0 aliphatic heterocycles. The van der Waals surface area contributed by atoms with Crippen LogP contribution in [-0.2, 0) is 9.47 Å². The van der Waals surface area contributed by atoms with Gasteiger partial charge in [0.05, 0.1) is 19.3 Å². The molecule has 0 amide bonds. The molecule has 0 saturated heterocycles. The van der Waals surface area contributed by atoms with Crippen LogP contribution in [0.5, 0.6) is 0 Å². The molecule has 0 aliphatic rings. The summed E-state index contributed by atoms with van der Waals surface area (Å²) >= 11 is 0. The van der Waals surface area contributed by atoms with E-state index in [0.29, 0.717) is 6.10 Å². The van der Waals surface area contributed by atoms with E-state index in [4.69, 9.17) is 9.47 Å². The van der Waals surface area contributed by atoms with Crippen LogP contribution < -0.4 is 0 Å². The van der Waals surface area contributed by atoms with Crippen molar-refractivity contribution < 1.29 is 9.47 Å². The van der Waals surface area contributed by atoms with Crippen molar-refractivity contribution in [1.82, 2.24) is 0 Å². The molecular formula is C9H20O2. The lowest BCUT2D eigenvalue weighted by atomic mass is 10.4. The van der Waals surface area contributed by atoms with Crippen molar-refractivity contribution in [3.8, 4) is 0 Å². The average molecular weight is 160 g/mol. The zero-order valence-electron chi connectivity index (χ0n) is 7.93. The van der Waals surface area contributed by atoms with E-state index in [1.165, 1.54) is 6.42 Å². The summed E-state index contributed by atoms with van der Waals surface area (Å²) < 4.78 is 10.6. The zero-order valence-corrected chi connectivity index (χ0v) is 7.93. The Bertz CT molecular complexity index is 72.0. The molecule has 0 rings (SSSR count). The molecular weight excluding hydrogens is 140 g/mol. The van der Waals surface area contributed by atoms with E-state index in [9.17, 15) is 0 Å². The molecule has 0 aliphatic carbocycles. The Balaban J connectivity index is 2.80. The maximum atomic E-state index is 5.30. The van der Waals surface area contributed by atoms with Gasteiger partial charge in [-0.1, -0.05) is 13.3 Å². The first-order valence-electron chi connectivity index (χ1n) is 4.46. The highest BCUT2D eigenvalue weighted by atomic mass is 16.5. The second-order valence-corrected chi connectivity index (χ2v) is 2.89. The van der Waals surface area contributed by atoms with Crippen LogP contribution in [0.3, 0.4) is 0 Å². The largest absolute Gasteiger partial charge is 0.379 e. The van der Waals surface area contributed by atoms with Crippen molar-refractivity contribution in [2.75, 3.05) is 19.8 Å². The van der Waals surface area contributed by atoms with Gasteiger partial charge in [0, 0.05) is 6.61 Å². The third kappa shape index (κ3) is 9.92. The molecule has 2 heteroatoms. The normalized spacial score (nSPS) is 10.9. The van der Waals surface area contributed by atoms with Gasteiger partial charge in [0.25, 0.3) is 0 Å². The molecule has 2 nitrogen and oxygen atoms in total. The number of hydrogen-bond acceptors (Lipinski definition) is 2. The standard InChI is InChI=1S/C9H20O2/c1-4-5-6-10-7-8-11-9(2)3/h9H,4-8H2,1-3H3. The van der Waals surface area contributed by atoms with Gasteiger partial charge in [0.15, 0.2) is 0 Å². The fraction of sp³-hybridized carbons (Fsp3) is 1.00. The molecule has 0 aromatic rings. The quantitative estimate of drug-likeness (QED) is 0.532. The smallest absolute Gasteiger partial charge is 0.0703 e. The molecule has 0 radical (unpaired) electrons. The maximum absolute atomic E-state index is 5.30. The van der Waals surface area contributed by atoms with Crippen LogP contribution in [0.1, 0.15) is 33.6 Å². The highest BCUT2D eigenvalue weighted by Gasteiger charge is 1.92. The Morgan fingerprint density at radius 2 is 1.82 bits per heavy atom. The minimum Gasteiger partial charge on any atom is -0.379 e. The maximum Gasteiger partial charge on any atom is 0.0703 e. The van der Waals surface area contributed by atoms with Gasteiger partial charge in [0.2, 0.25) is 0 Å². The van der Waals surface area contributed by atoms with Crippen LogP contribution in [0.4, 0.5) is 0 Å². The molecule has 0 atom stereocenters. The molecule has 0 heterocycles. The minimum atomic E-state index is 0.324. The average Bonchev–Trinajstić information content (AvgIpc) is 1.96. The van der Waals surface area contributed by atoms with Gasteiger partial charge >= 0.3 is 0 Å². The molecule has 0 aromatic heterocycles. The molecule has 0 unspecified atom stereocenters. The van der Waals surface area contributed by atoms with Crippen molar-refractivity contribution >= 4 is 0 Å². The van der Waals surface area contributed by atoms with Crippen molar-refractivity contribution in [3.05, 3.63) is 0 Å². The first-order chi connectivity index (χ1) is 5.27. The Labute approximate surface area is 69.9 Å². The first kappa shape index (κ1) is 10.9. The molecule has 11 heavy (non-hydrogen) atoms. The fourth-order valence-electron chi connectivity index (χ4n) is 0.691.